The van der Waals surface area contributed by atoms with Crippen LogP contribution in [0.3, 0.4) is 0 Å². The number of rotatable bonds is 6. The van der Waals surface area contributed by atoms with E-state index in [2.05, 4.69) is 0 Å². The minimum atomic E-state index is -0.874. The van der Waals surface area contributed by atoms with Gasteiger partial charge in [-0.2, -0.15) is 0 Å². The largest absolute Gasteiger partial charge is 0.497 e. The molecule has 1 amide bonds. The Labute approximate surface area is 164 Å². The molecule has 6 nitrogen and oxygen atoms in total. The Kier molecular flexibility index (Phi) is 5.99. The van der Waals surface area contributed by atoms with Gasteiger partial charge in [0, 0.05) is 29.9 Å². The first kappa shape index (κ1) is 19.5. The highest BCUT2D eigenvalue weighted by molar-refractivity contribution is 6.00. The summed E-state index contributed by atoms with van der Waals surface area (Å²) < 4.78 is 15.7. The van der Waals surface area contributed by atoms with Gasteiger partial charge in [0.15, 0.2) is 6.10 Å². The molecule has 0 radical (unpaired) electrons. The monoisotopic (exact) mass is 381 g/mol. The van der Waals surface area contributed by atoms with Crippen LogP contribution in [0.4, 0.5) is 5.69 Å². The van der Waals surface area contributed by atoms with Crippen molar-refractivity contribution < 1.29 is 23.8 Å². The summed E-state index contributed by atoms with van der Waals surface area (Å²) in [4.78, 5) is 26.5. The van der Waals surface area contributed by atoms with Gasteiger partial charge >= 0.3 is 5.97 Å². The highest BCUT2D eigenvalue weighted by atomic mass is 16.5. The number of carbonyl (C=O) groups excluding carboxylic acids is 2. The van der Waals surface area contributed by atoms with Crippen molar-refractivity contribution >= 4 is 23.6 Å². The molecule has 0 aromatic heterocycles. The van der Waals surface area contributed by atoms with E-state index in [0.29, 0.717) is 23.6 Å². The molecule has 0 bridgehead atoms. The molecule has 1 aliphatic rings. The summed E-state index contributed by atoms with van der Waals surface area (Å²) in [5, 5.41) is 0. The Morgan fingerprint density at radius 1 is 1.11 bits per heavy atom. The van der Waals surface area contributed by atoms with Gasteiger partial charge in [-0.05, 0) is 43.2 Å². The maximum Gasteiger partial charge on any atom is 0.331 e. The van der Waals surface area contributed by atoms with Crippen molar-refractivity contribution in [1.29, 1.82) is 0 Å². The third-order valence-electron chi connectivity index (χ3n) is 4.63. The second-order valence-electron chi connectivity index (χ2n) is 6.39. The molecular formula is C22H23NO5. The van der Waals surface area contributed by atoms with E-state index in [1.54, 1.807) is 50.3 Å². The van der Waals surface area contributed by atoms with E-state index in [-0.39, 0.29) is 5.91 Å². The summed E-state index contributed by atoms with van der Waals surface area (Å²) in [6.45, 7) is 2.18. The predicted octanol–water partition coefficient (Wildman–Crippen LogP) is 3.24. The molecule has 6 heteroatoms. The quantitative estimate of drug-likeness (QED) is 0.568. The van der Waals surface area contributed by atoms with Gasteiger partial charge in [0.25, 0.3) is 5.91 Å². The summed E-state index contributed by atoms with van der Waals surface area (Å²) in [6.07, 6.45) is 2.80. The number of hydrogen-bond donors (Lipinski definition) is 0. The lowest BCUT2D eigenvalue weighted by atomic mass is 10.1. The molecule has 1 heterocycles. The number of hydrogen-bond acceptors (Lipinski definition) is 5. The van der Waals surface area contributed by atoms with E-state index in [1.807, 2.05) is 24.3 Å². The third kappa shape index (κ3) is 4.17. The van der Waals surface area contributed by atoms with Crippen molar-refractivity contribution in [2.45, 2.75) is 19.4 Å². The zero-order valence-corrected chi connectivity index (χ0v) is 16.2. The van der Waals surface area contributed by atoms with Gasteiger partial charge in [-0.25, -0.2) is 4.79 Å². The maximum atomic E-state index is 12.7. The first-order chi connectivity index (χ1) is 13.5. The topological polar surface area (TPSA) is 65.1 Å². The first-order valence-corrected chi connectivity index (χ1v) is 9.03. The number of carbonyl (C=O) groups is 2. The average Bonchev–Trinajstić information content (AvgIpc) is 3.15. The molecule has 0 spiro atoms. The van der Waals surface area contributed by atoms with Crippen LogP contribution in [0.15, 0.2) is 48.5 Å². The van der Waals surface area contributed by atoms with Crippen LogP contribution in [-0.4, -0.2) is 38.7 Å². The lowest BCUT2D eigenvalue weighted by molar-refractivity contribution is -0.149. The molecule has 0 aliphatic carbocycles. The minimum Gasteiger partial charge on any atom is -0.497 e. The van der Waals surface area contributed by atoms with Crippen LogP contribution < -0.4 is 14.4 Å². The second-order valence-corrected chi connectivity index (χ2v) is 6.39. The Balaban J connectivity index is 1.63. The Morgan fingerprint density at radius 2 is 1.89 bits per heavy atom. The fourth-order valence-electron chi connectivity index (χ4n) is 3.16. The molecule has 0 fully saturated rings. The van der Waals surface area contributed by atoms with Gasteiger partial charge in [0.1, 0.15) is 11.5 Å². The van der Waals surface area contributed by atoms with Crippen LogP contribution >= 0.6 is 0 Å². The molecule has 1 unspecified atom stereocenters. The molecular weight excluding hydrogens is 358 g/mol. The second kappa shape index (κ2) is 8.61. The Morgan fingerprint density at radius 3 is 2.64 bits per heavy atom. The number of esters is 1. The number of para-hydroxylation sites is 1. The van der Waals surface area contributed by atoms with Gasteiger partial charge in [-0.15, -0.1) is 0 Å². The first-order valence-electron chi connectivity index (χ1n) is 9.03. The standard InChI is InChI=1S/C22H23NO5/c1-15(22(25)23-13-12-16-6-4-5-7-19(16)23)28-21(24)11-9-17-8-10-18(26-2)14-20(17)27-3/h4-11,14-15H,12-13H2,1-3H3/b11-9+. The van der Waals surface area contributed by atoms with E-state index in [4.69, 9.17) is 14.2 Å². The number of amides is 1. The SMILES string of the molecule is COc1ccc(/C=C/C(=O)OC(C)C(=O)N2CCc3ccccc32)c(OC)c1. The number of ether oxygens (including phenoxy) is 3. The average molecular weight is 381 g/mol. The van der Waals surface area contributed by atoms with E-state index in [9.17, 15) is 9.59 Å². The third-order valence-corrected chi connectivity index (χ3v) is 4.63. The van der Waals surface area contributed by atoms with Gasteiger partial charge in [0.05, 0.1) is 14.2 Å². The zero-order chi connectivity index (χ0) is 20.1. The number of nitrogens with zero attached hydrogens (tertiary/aromatic N) is 1. The molecule has 2 aromatic carbocycles. The van der Waals surface area contributed by atoms with Crippen molar-refractivity contribution in [2.75, 3.05) is 25.7 Å². The molecule has 0 saturated carbocycles. The molecule has 1 aliphatic heterocycles. The number of methoxy groups -OCH3 is 2. The van der Waals surface area contributed by atoms with Crippen molar-refractivity contribution in [3.63, 3.8) is 0 Å². The lowest BCUT2D eigenvalue weighted by Gasteiger charge is -2.21. The van der Waals surface area contributed by atoms with Gasteiger partial charge < -0.3 is 19.1 Å². The van der Waals surface area contributed by atoms with E-state index in [1.165, 1.54) is 6.08 Å². The van der Waals surface area contributed by atoms with Crippen LogP contribution in [0.1, 0.15) is 18.1 Å². The number of anilines is 1. The van der Waals surface area contributed by atoms with Crippen molar-refractivity contribution in [3.8, 4) is 11.5 Å². The fraction of sp³-hybridized carbons (Fsp3) is 0.273. The zero-order valence-electron chi connectivity index (χ0n) is 16.2. The van der Waals surface area contributed by atoms with Crippen molar-refractivity contribution in [2.24, 2.45) is 0 Å². The molecule has 2 aromatic rings. The van der Waals surface area contributed by atoms with Crippen LogP contribution in [0, 0.1) is 0 Å². The summed E-state index contributed by atoms with van der Waals surface area (Å²) in [6, 6.07) is 13.0. The lowest BCUT2D eigenvalue weighted by Crippen LogP contribution is -2.38. The van der Waals surface area contributed by atoms with Crippen LogP contribution in [0.2, 0.25) is 0 Å². The molecule has 0 saturated heterocycles. The highest BCUT2D eigenvalue weighted by Crippen LogP contribution is 2.28. The molecule has 146 valence electrons. The Bertz CT molecular complexity index is 906. The maximum absolute atomic E-state index is 12.7. The summed E-state index contributed by atoms with van der Waals surface area (Å²) >= 11 is 0. The van der Waals surface area contributed by atoms with E-state index in [0.717, 1.165) is 17.7 Å². The molecule has 1 atom stereocenters. The van der Waals surface area contributed by atoms with Crippen LogP contribution in [0.5, 0.6) is 11.5 Å². The summed E-state index contributed by atoms with van der Waals surface area (Å²) in [7, 11) is 3.11. The Hall–Kier alpha value is -3.28. The van der Waals surface area contributed by atoms with Gasteiger partial charge in [-0.1, -0.05) is 18.2 Å². The molecule has 0 N–H and O–H groups in total. The number of fused-ring (bicyclic) bond motifs is 1. The normalized spacial score (nSPS) is 13.9. The van der Waals surface area contributed by atoms with E-state index < -0.39 is 12.1 Å². The number of benzene rings is 2. The predicted molar refractivity (Wildman–Crippen MR) is 107 cm³/mol. The molecule has 28 heavy (non-hydrogen) atoms. The summed E-state index contributed by atoms with van der Waals surface area (Å²) in [5.41, 5.74) is 2.71. The van der Waals surface area contributed by atoms with Gasteiger partial charge in [0.2, 0.25) is 0 Å². The summed E-state index contributed by atoms with van der Waals surface area (Å²) in [5.74, 6) is 0.405. The molecule has 3 rings (SSSR count). The van der Waals surface area contributed by atoms with Gasteiger partial charge in [-0.3, -0.25) is 4.79 Å². The fourth-order valence-corrected chi connectivity index (χ4v) is 3.16. The van der Waals surface area contributed by atoms with Crippen molar-refractivity contribution in [3.05, 3.63) is 59.7 Å². The van der Waals surface area contributed by atoms with E-state index >= 15 is 0 Å². The van der Waals surface area contributed by atoms with Crippen molar-refractivity contribution in [1.82, 2.24) is 0 Å². The van der Waals surface area contributed by atoms with Crippen LogP contribution in [0.25, 0.3) is 6.08 Å². The smallest absolute Gasteiger partial charge is 0.331 e. The minimum absolute atomic E-state index is 0.228. The highest BCUT2D eigenvalue weighted by Gasteiger charge is 2.29. The van der Waals surface area contributed by atoms with Crippen LogP contribution in [-0.2, 0) is 20.7 Å².